The molecule has 7 heteroatoms. The van der Waals surface area contributed by atoms with Crippen LogP contribution in [0.3, 0.4) is 0 Å². The number of hydrogen-bond donors (Lipinski definition) is 0. The topological polar surface area (TPSA) is 62.0 Å². The number of likely N-dealkylation sites (tertiary alicyclic amines) is 1. The maximum absolute atomic E-state index is 14.0. The zero-order chi connectivity index (χ0) is 19.8. The lowest BCUT2D eigenvalue weighted by atomic mass is 10.1. The molecule has 0 unspecified atom stereocenters. The number of aromatic nitrogens is 1. The molecule has 2 bridgehead atoms. The molecule has 2 atom stereocenters. The van der Waals surface area contributed by atoms with Crippen molar-refractivity contribution in [2.24, 2.45) is 0 Å². The van der Waals surface area contributed by atoms with Crippen molar-refractivity contribution in [3.8, 4) is 11.3 Å². The Hall–Kier alpha value is -2.38. The van der Waals surface area contributed by atoms with E-state index in [-0.39, 0.29) is 11.9 Å². The molecule has 3 aliphatic rings. The van der Waals surface area contributed by atoms with Crippen LogP contribution in [0.1, 0.15) is 29.6 Å². The number of anilines is 1. The molecule has 5 rings (SSSR count). The summed E-state index contributed by atoms with van der Waals surface area (Å²) in [6.45, 7) is 4.69. The lowest BCUT2D eigenvalue weighted by molar-refractivity contribution is 0.0673. The monoisotopic (exact) mass is 396 g/mol. The van der Waals surface area contributed by atoms with Crippen LogP contribution in [0.5, 0.6) is 0 Å². The first-order valence-corrected chi connectivity index (χ1v) is 10.6. The van der Waals surface area contributed by atoms with Gasteiger partial charge in [0.1, 0.15) is 5.56 Å². The number of carbonyl (C=O) groups is 1. The molecule has 4 heterocycles. The van der Waals surface area contributed by atoms with Gasteiger partial charge in [0.25, 0.3) is 5.91 Å². The van der Waals surface area contributed by atoms with Gasteiger partial charge in [-0.15, -0.1) is 0 Å². The van der Waals surface area contributed by atoms with E-state index in [4.69, 9.17) is 9.26 Å². The van der Waals surface area contributed by atoms with Gasteiger partial charge in [-0.2, -0.15) is 0 Å². The van der Waals surface area contributed by atoms with E-state index >= 15 is 0 Å². The first kappa shape index (κ1) is 18.6. The van der Waals surface area contributed by atoms with Gasteiger partial charge in [0, 0.05) is 37.3 Å². The largest absolute Gasteiger partial charge is 0.378 e. The predicted molar refractivity (Wildman–Crippen MR) is 110 cm³/mol. The standard InChI is InChI=1S/C22H28N4O3/c1-24-10-9-17-7-8-18(15-24)26(17)22(27)19-20(16-5-3-2-4-6-16)29-23-21(19)25-11-13-28-14-12-25/h2-6,17-18H,7-15H2,1H3/t17-,18+/m1/s1. The minimum Gasteiger partial charge on any atom is -0.378 e. The number of ether oxygens (including phenoxy) is 1. The Morgan fingerprint density at radius 1 is 1.03 bits per heavy atom. The van der Waals surface area contributed by atoms with Gasteiger partial charge in [0.2, 0.25) is 0 Å². The minimum absolute atomic E-state index is 0.0643. The summed E-state index contributed by atoms with van der Waals surface area (Å²) in [7, 11) is 2.15. The van der Waals surface area contributed by atoms with Crippen molar-refractivity contribution in [1.29, 1.82) is 0 Å². The number of amides is 1. The highest BCUT2D eigenvalue weighted by atomic mass is 16.5. The number of morpholine rings is 1. The first-order chi connectivity index (χ1) is 14.2. The third kappa shape index (κ3) is 3.42. The third-order valence-corrected chi connectivity index (χ3v) is 6.46. The Morgan fingerprint density at radius 2 is 1.79 bits per heavy atom. The van der Waals surface area contributed by atoms with Gasteiger partial charge in [0.15, 0.2) is 11.6 Å². The highest BCUT2D eigenvalue weighted by molar-refractivity contribution is 6.04. The molecule has 2 aromatic rings. The van der Waals surface area contributed by atoms with Crippen molar-refractivity contribution in [2.45, 2.75) is 31.3 Å². The summed E-state index contributed by atoms with van der Waals surface area (Å²) in [6, 6.07) is 10.4. The molecular formula is C22H28N4O3. The maximum Gasteiger partial charge on any atom is 0.262 e. The highest BCUT2D eigenvalue weighted by Gasteiger charge is 2.42. The van der Waals surface area contributed by atoms with Gasteiger partial charge in [-0.05, 0) is 32.9 Å². The Labute approximate surface area is 171 Å². The van der Waals surface area contributed by atoms with Crippen LogP contribution >= 0.6 is 0 Å². The Bertz CT molecular complexity index is 862. The van der Waals surface area contributed by atoms with Crippen molar-refractivity contribution < 1.29 is 14.1 Å². The number of likely N-dealkylation sites (N-methyl/N-ethyl adjacent to an activating group) is 1. The zero-order valence-corrected chi connectivity index (χ0v) is 16.9. The SMILES string of the molecule is CN1CC[C@H]2CC[C@@H](C1)N2C(=O)c1c(N2CCOCC2)noc1-c1ccccc1. The van der Waals surface area contributed by atoms with E-state index in [0.29, 0.717) is 36.4 Å². The highest BCUT2D eigenvalue weighted by Crippen LogP contribution is 2.37. The van der Waals surface area contributed by atoms with Crippen LogP contribution in [0.4, 0.5) is 5.82 Å². The summed E-state index contributed by atoms with van der Waals surface area (Å²) >= 11 is 0. The molecule has 0 N–H and O–H groups in total. The molecule has 0 spiro atoms. The molecule has 1 amide bonds. The molecule has 0 saturated carbocycles. The van der Waals surface area contributed by atoms with Gasteiger partial charge >= 0.3 is 0 Å². The maximum atomic E-state index is 14.0. The number of rotatable bonds is 3. The van der Waals surface area contributed by atoms with Crippen LogP contribution in [0.2, 0.25) is 0 Å². The van der Waals surface area contributed by atoms with E-state index in [2.05, 4.69) is 26.9 Å². The van der Waals surface area contributed by atoms with Crippen LogP contribution in [-0.2, 0) is 4.74 Å². The number of nitrogens with zero attached hydrogens (tertiary/aromatic N) is 4. The Kier molecular flexibility index (Phi) is 5.01. The second kappa shape index (κ2) is 7.80. The van der Waals surface area contributed by atoms with E-state index in [9.17, 15) is 4.79 Å². The van der Waals surface area contributed by atoms with Crippen molar-refractivity contribution >= 4 is 11.7 Å². The predicted octanol–water partition coefficient (Wildman–Crippen LogP) is 2.49. The summed E-state index contributed by atoms with van der Waals surface area (Å²) < 4.78 is 11.3. The Morgan fingerprint density at radius 3 is 2.59 bits per heavy atom. The van der Waals surface area contributed by atoms with E-state index in [1.165, 1.54) is 0 Å². The summed E-state index contributed by atoms with van der Waals surface area (Å²) in [5.41, 5.74) is 1.50. The summed E-state index contributed by atoms with van der Waals surface area (Å²) in [4.78, 5) is 20.6. The van der Waals surface area contributed by atoms with E-state index in [0.717, 1.165) is 51.0 Å². The van der Waals surface area contributed by atoms with Crippen LogP contribution in [-0.4, -0.2) is 79.4 Å². The zero-order valence-electron chi connectivity index (χ0n) is 16.9. The fourth-order valence-corrected chi connectivity index (χ4v) is 4.96. The lowest BCUT2D eigenvalue weighted by Gasteiger charge is -2.31. The summed E-state index contributed by atoms with van der Waals surface area (Å²) in [5.74, 6) is 1.30. The molecule has 29 heavy (non-hydrogen) atoms. The van der Waals surface area contributed by atoms with Crippen LogP contribution in [0.25, 0.3) is 11.3 Å². The number of benzene rings is 1. The fourth-order valence-electron chi connectivity index (χ4n) is 4.96. The van der Waals surface area contributed by atoms with Crippen LogP contribution < -0.4 is 4.90 Å². The average molecular weight is 396 g/mol. The normalized spacial score (nSPS) is 25.3. The van der Waals surface area contributed by atoms with E-state index in [1.54, 1.807) is 0 Å². The molecule has 3 fully saturated rings. The molecule has 154 valence electrons. The molecule has 0 aliphatic carbocycles. The van der Waals surface area contributed by atoms with Crippen molar-refractivity contribution in [1.82, 2.24) is 15.0 Å². The Balaban J connectivity index is 1.56. The number of hydrogen-bond acceptors (Lipinski definition) is 6. The van der Waals surface area contributed by atoms with Crippen molar-refractivity contribution in [2.75, 3.05) is 51.3 Å². The minimum atomic E-state index is 0.0643. The molecular weight excluding hydrogens is 368 g/mol. The quantitative estimate of drug-likeness (QED) is 0.794. The number of carbonyl (C=O) groups excluding carboxylic acids is 1. The van der Waals surface area contributed by atoms with Crippen molar-refractivity contribution in [3.05, 3.63) is 35.9 Å². The second-order valence-electron chi connectivity index (χ2n) is 8.32. The lowest BCUT2D eigenvalue weighted by Crippen LogP contribution is -2.44. The molecule has 7 nitrogen and oxygen atoms in total. The molecule has 3 saturated heterocycles. The molecule has 1 aromatic carbocycles. The van der Waals surface area contributed by atoms with Gasteiger partial charge in [-0.3, -0.25) is 4.79 Å². The second-order valence-corrected chi connectivity index (χ2v) is 8.32. The van der Waals surface area contributed by atoms with Gasteiger partial charge in [-0.1, -0.05) is 35.5 Å². The molecule has 0 radical (unpaired) electrons. The average Bonchev–Trinajstić information content (AvgIpc) is 3.33. The summed E-state index contributed by atoms with van der Waals surface area (Å²) in [6.07, 6.45) is 3.18. The number of fused-ring (bicyclic) bond motifs is 2. The van der Waals surface area contributed by atoms with Gasteiger partial charge in [-0.25, -0.2) is 0 Å². The van der Waals surface area contributed by atoms with Gasteiger partial charge < -0.3 is 24.0 Å². The van der Waals surface area contributed by atoms with Crippen LogP contribution in [0.15, 0.2) is 34.9 Å². The van der Waals surface area contributed by atoms with Crippen LogP contribution in [0, 0.1) is 0 Å². The van der Waals surface area contributed by atoms with Crippen molar-refractivity contribution in [3.63, 3.8) is 0 Å². The molecule has 3 aliphatic heterocycles. The van der Waals surface area contributed by atoms with E-state index < -0.39 is 0 Å². The molecule has 1 aromatic heterocycles. The van der Waals surface area contributed by atoms with E-state index in [1.807, 2.05) is 30.3 Å². The third-order valence-electron chi connectivity index (χ3n) is 6.46. The smallest absolute Gasteiger partial charge is 0.262 e. The van der Waals surface area contributed by atoms with Gasteiger partial charge in [0.05, 0.1) is 13.2 Å². The first-order valence-electron chi connectivity index (χ1n) is 10.6. The summed E-state index contributed by atoms with van der Waals surface area (Å²) in [5, 5.41) is 4.38. The fraction of sp³-hybridized carbons (Fsp3) is 0.545.